The highest BCUT2D eigenvalue weighted by molar-refractivity contribution is 7.10. The van der Waals surface area contributed by atoms with Gasteiger partial charge >= 0.3 is 0 Å². The van der Waals surface area contributed by atoms with Crippen molar-refractivity contribution in [2.24, 2.45) is 0 Å². The van der Waals surface area contributed by atoms with Gasteiger partial charge in [-0.1, -0.05) is 6.07 Å². The lowest BCUT2D eigenvalue weighted by molar-refractivity contribution is -0.0861. The van der Waals surface area contributed by atoms with Crippen LogP contribution in [0.2, 0.25) is 0 Å². The molecule has 0 aliphatic rings. The van der Waals surface area contributed by atoms with Crippen molar-refractivity contribution in [2.75, 3.05) is 0 Å². The monoisotopic (exact) mass is 199 g/mol. The second-order valence-electron chi connectivity index (χ2n) is 4.07. The molecule has 0 amide bonds. The van der Waals surface area contributed by atoms with E-state index in [1.165, 1.54) is 4.88 Å². The van der Waals surface area contributed by atoms with Crippen molar-refractivity contribution in [3.8, 4) is 0 Å². The normalized spacial score (nSPS) is 14.5. The Hall–Kier alpha value is -0.380. The Kier molecular flexibility index (Phi) is 3.47. The first-order valence-electron chi connectivity index (χ1n) is 4.46. The average molecular weight is 199 g/mol. The van der Waals surface area contributed by atoms with E-state index in [9.17, 15) is 0 Å². The Morgan fingerprint density at radius 3 is 2.62 bits per heavy atom. The fraction of sp³-hybridized carbons (Fsp3) is 0.600. The molecule has 13 heavy (non-hydrogen) atoms. The summed E-state index contributed by atoms with van der Waals surface area (Å²) in [5, 5.41) is 2.07. The fourth-order valence-corrected chi connectivity index (χ4v) is 1.58. The van der Waals surface area contributed by atoms with Gasteiger partial charge in [0.2, 0.25) is 0 Å². The fourth-order valence-electron chi connectivity index (χ4n) is 0.861. The van der Waals surface area contributed by atoms with Crippen LogP contribution in [0.5, 0.6) is 0 Å². The zero-order valence-electron chi connectivity index (χ0n) is 8.63. The lowest BCUT2D eigenvalue weighted by Crippen LogP contribution is -2.30. The molecule has 0 saturated carbocycles. The molecule has 0 radical (unpaired) electrons. The van der Waals surface area contributed by atoms with Crippen molar-refractivity contribution in [1.82, 2.24) is 5.48 Å². The summed E-state index contributed by atoms with van der Waals surface area (Å²) in [5.74, 6) is 0. The van der Waals surface area contributed by atoms with Crippen LogP contribution in [0.25, 0.3) is 0 Å². The number of hydroxylamine groups is 1. The van der Waals surface area contributed by atoms with Crippen molar-refractivity contribution >= 4 is 11.3 Å². The van der Waals surface area contributed by atoms with Gasteiger partial charge in [0.1, 0.15) is 0 Å². The lowest BCUT2D eigenvalue weighted by Gasteiger charge is -2.22. The first-order chi connectivity index (χ1) is 5.99. The van der Waals surface area contributed by atoms with Crippen LogP contribution < -0.4 is 5.48 Å². The van der Waals surface area contributed by atoms with Gasteiger partial charge in [-0.25, -0.2) is 0 Å². The third-order valence-corrected chi connectivity index (χ3v) is 2.57. The van der Waals surface area contributed by atoms with Gasteiger partial charge < -0.3 is 0 Å². The topological polar surface area (TPSA) is 21.3 Å². The summed E-state index contributed by atoms with van der Waals surface area (Å²) in [4.78, 5) is 6.77. The van der Waals surface area contributed by atoms with Gasteiger partial charge in [-0.3, -0.25) is 4.84 Å². The van der Waals surface area contributed by atoms with Crippen LogP contribution >= 0.6 is 11.3 Å². The van der Waals surface area contributed by atoms with E-state index in [0.717, 1.165) is 0 Å². The quantitative estimate of drug-likeness (QED) is 0.755. The van der Waals surface area contributed by atoms with E-state index < -0.39 is 0 Å². The molecule has 1 heterocycles. The van der Waals surface area contributed by atoms with Crippen molar-refractivity contribution < 1.29 is 4.84 Å². The van der Waals surface area contributed by atoms with Gasteiger partial charge in [-0.2, -0.15) is 5.48 Å². The van der Waals surface area contributed by atoms with Gasteiger partial charge in [0.25, 0.3) is 0 Å². The maximum absolute atomic E-state index is 5.47. The van der Waals surface area contributed by atoms with Crippen LogP contribution in [0.15, 0.2) is 17.5 Å². The van der Waals surface area contributed by atoms with Gasteiger partial charge in [0.15, 0.2) is 0 Å². The van der Waals surface area contributed by atoms with Crippen LogP contribution in [-0.2, 0) is 4.84 Å². The SMILES string of the molecule is CC(NOC(C)(C)C)c1cccs1. The Morgan fingerprint density at radius 2 is 2.15 bits per heavy atom. The molecule has 0 fully saturated rings. The molecule has 1 atom stereocenters. The largest absolute Gasteiger partial charge is 0.295 e. The summed E-state index contributed by atoms with van der Waals surface area (Å²) in [6, 6.07) is 4.42. The molecule has 1 rings (SSSR count). The summed E-state index contributed by atoms with van der Waals surface area (Å²) in [6.45, 7) is 8.18. The number of hydrogen-bond donors (Lipinski definition) is 1. The molecule has 1 aromatic heterocycles. The molecule has 0 spiro atoms. The molecule has 1 aromatic rings. The zero-order chi connectivity index (χ0) is 9.90. The number of rotatable bonds is 3. The van der Waals surface area contributed by atoms with Crippen LogP contribution in [0, 0.1) is 0 Å². The van der Waals surface area contributed by atoms with Crippen molar-refractivity contribution in [1.29, 1.82) is 0 Å². The van der Waals surface area contributed by atoms with Gasteiger partial charge in [-0.15, -0.1) is 11.3 Å². The van der Waals surface area contributed by atoms with Crippen LogP contribution in [-0.4, -0.2) is 5.60 Å². The minimum absolute atomic E-state index is 0.133. The predicted octanol–water partition coefficient (Wildman–Crippen LogP) is 3.13. The first-order valence-corrected chi connectivity index (χ1v) is 5.34. The van der Waals surface area contributed by atoms with Gasteiger partial charge in [-0.05, 0) is 39.1 Å². The molecule has 0 aliphatic carbocycles. The van der Waals surface area contributed by atoms with E-state index in [1.807, 2.05) is 20.8 Å². The smallest absolute Gasteiger partial charge is 0.0813 e. The van der Waals surface area contributed by atoms with E-state index in [1.54, 1.807) is 11.3 Å². The maximum atomic E-state index is 5.47. The standard InChI is InChI=1S/C10H17NOS/c1-8(9-6-5-7-13-9)11-12-10(2,3)4/h5-8,11H,1-4H3. The third kappa shape index (κ3) is 3.89. The minimum Gasteiger partial charge on any atom is -0.295 e. The molecule has 1 unspecified atom stereocenters. The van der Waals surface area contributed by atoms with E-state index in [4.69, 9.17) is 4.84 Å². The second-order valence-corrected chi connectivity index (χ2v) is 5.05. The van der Waals surface area contributed by atoms with E-state index >= 15 is 0 Å². The third-order valence-electron chi connectivity index (χ3n) is 1.51. The predicted molar refractivity (Wildman–Crippen MR) is 56.7 cm³/mol. The van der Waals surface area contributed by atoms with Crippen LogP contribution in [0.3, 0.4) is 0 Å². The zero-order valence-corrected chi connectivity index (χ0v) is 9.44. The molecular formula is C10H17NOS. The molecular weight excluding hydrogens is 182 g/mol. The van der Waals surface area contributed by atoms with Crippen molar-refractivity contribution in [3.63, 3.8) is 0 Å². The molecule has 0 aromatic carbocycles. The summed E-state index contributed by atoms with van der Waals surface area (Å²) in [5.41, 5.74) is 2.90. The first kappa shape index (κ1) is 10.7. The summed E-state index contributed by atoms with van der Waals surface area (Å²) >= 11 is 1.74. The Balaban J connectivity index is 2.39. The van der Waals surface area contributed by atoms with Crippen LogP contribution in [0.1, 0.15) is 38.6 Å². The second kappa shape index (κ2) is 4.22. The molecule has 0 aliphatic heterocycles. The maximum Gasteiger partial charge on any atom is 0.0813 e. The Morgan fingerprint density at radius 1 is 1.46 bits per heavy atom. The van der Waals surface area contributed by atoms with E-state index in [0.29, 0.717) is 0 Å². The Labute approximate surface area is 83.9 Å². The average Bonchev–Trinajstić information content (AvgIpc) is 2.50. The Bertz CT molecular complexity index is 238. The van der Waals surface area contributed by atoms with Crippen molar-refractivity contribution in [2.45, 2.75) is 39.3 Å². The van der Waals surface area contributed by atoms with Gasteiger partial charge in [0, 0.05) is 4.88 Å². The van der Waals surface area contributed by atoms with Gasteiger partial charge in [0.05, 0.1) is 11.6 Å². The highest BCUT2D eigenvalue weighted by Crippen LogP contribution is 2.19. The summed E-state index contributed by atoms with van der Waals surface area (Å²) < 4.78 is 0. The van der Waals surface area contributed by atoms with Crippen molar-refractivity contribution in [3.05, 3.63) is 22.4 Å². The molecule has 0 bridgehead atoms. The highest BCUT2D eigenvalue weighted by atomic mass is 32.1. The molecule has 0 saturated heterocycles. The number of nitrogens with one attached hydrogen (secondary N) is 1. The van der Waals surface area contributed by atoms with E-state index in [2.05, 4.69) is 29.9 Å². The number of hydrogen-bond acceptors (Lipinski definition) is 3. The molecule has 1 N–H and O–H groups in total. The van der Waals surface area contributed by atoms with Crippen LogP contribution in [0.4, 0.5) is 0 Å². The lowest BCUT2D eigenvalue weighted by atomic mass is 10.2. The summed E-state index contributed by atoms with van der Waals surface area (Å²) in [7, 11) is 0. The van der Waals surface area contributed by atoms with E-state index in [-0.39, 0.29) is 11.6 Å². The molecule has 3 heteroatoms. The molecule has 74 valence electrons. The molecule has 2 nitrogen and oxygen atoms in total. The highest BCUT2D eigenvalue weighted by Gasteiger charge is 2.13. The summed E-state index contributed by atoms with van der Waals surface area (Å²) in [6.07, 6.45) is 0. The number of thiophene rings is 1. The minimum atomic E-state index is -0.133.